The van der Waals surface area contributed by atoms with Gasteiger partial charge in [0.05, 0.1) is 5.69 Å². The van der Waals surface area contributed by atoms with Crippen molar-refractivity contribution in [2.75, 3.05) is 18.4 Å². The van der Waals surface area contributed by atoms with E-state index in [-0.39, 0.29) is 11.8 Å². The Balaban J connectivity index is 1.67. The van der Waals surface area contributed by atoms with E-state index in [4.69, 9.17) is 10.5 Å². The second kappa shape index (κ2) is 10.5. The van der Waals surface area contributed by atoms with Crippen LogP contribution in [0.15, 0.2) is 52.9 Å². The number of nitrogens with two attached hydrogens (primary N) is 1. The summed E-state index contributed by atoms with van der Waals surface area (Å²) in [6, 6.07) is 11.5. The number of amides is 1. The summed E-state index contributed by atoms with van der Waals surface area (Å²) in [7, 11) is 0. The molecule has 4 rings (SSSR count). The van der Waals surface area contributed by atoms with Crippen molar-refractivity contribution in [2.24, 2.45) is 11.7 Å². The molecule has 0 saturated carbocycles. The third-order valence-electron chi connectivity index (χ3n) is 5.88. The van der Waals surface area contributed by atoms with Crippen LogP contribution in [-0.2, 0) is 4.79 Å². The zero-order valence-electron chi connectivity index (χ0n) is 18.8. The van der Waals surface area contributed by atoms with Crippen molar-refractivity contribution in [1.29, 1.82) is 0 Å². The molecule has 1 aromatic carbocycles. The molecular formula is C24H29N5O2S2. The quantitative estimate of drug-likeness (QED) is 0.364. The predicted molar refractivity (Wildman–Crippen MR) is 135 cm³/mol. The zero-order valence-corrected chi connectivity index (χ0v) is 20.5. The molecule has 0 aliphatic carbocycles. The maximum absolute atomic E-state index is 12.8. The molecule has 0 radical (unpaired) electrons. The highest BCUT2D eigenvalue weighted by atomic mass is 32.2. The van der Waals surface area contributed by atoms with Gasteiger partial charge in [-0.05, 0) is 63.4 Å². The van der Waals surface area contributed by atoms with Crippen molar-refractivity contribution in [3.8, 4) is 11.5 Å². The first kappa shape index (κ1) is 23.5. The summed E-state index contributed by atoms with van der Waals surface area (Å²) in [6.45, 7) is 5.79. The van der Waals surface area contributed by atoms with E-state index < -0.39 is 4.75 Å². The van der Waals surface area contributed by atoms with Crippen LogP contribution in [0.2, 0.25) is 0 Å². The average molecular weight is 484 g/mol. The number of anilines is 2. The Bertz CT molecular complexity index is 1090. The van der Waals surface area contributed by atoms with Gasteiger partial charge in [-0.3, -0.25) is 4.79 Å². The van der Waals surface area contributed by atoms with Gasteiger partial charge in [-0.2, -0.15) is 0 Å². The summed E-state index contributed by atoms with van der Waals surface area (Å²) in [5, 5.41) is 9.36. The van der Waals surface area contributed by atoms with Crippen molar-refractivity contribution in [1.82, 2.24) is 15.3 Å². The molecule has 0 spiro atoms. The number of hydrogen-bond acceptors (Lipinski definition) is 8. The Hall–Kier alpha value is -2.62. The van der Waals surface area contributed by atoms with E-state index in [2.05, 4.69) is 20.6 Å². The lowest BCUT2D eigenvalue weighted by atomic mass is 9.82. The molecule has 0 bridgehead atoms. The Morgan fingerprint density at radius 1 is 1.33 bits per heavy atom. The van der Waals surface area contributed by atoms with Gasteiger partial charge in [-0.1, -0.05) is 25.1 Å². The fraction of sp³-hybridized carbons (Fsp3) is 0.375. The summed E-state index contributed by atoms with van der Waals surface area (Å²) in [5.41, 5.74) is 6.95. The Morgan fingerprint density at radius 2 is 2.09 bits per heavy atom. The number of aromatic nitrogens is 2. The summed E-state index contributed by atoms with van der Waals surface area (Å²) in [4.78, 5) is 22.7. The molecule has 1 saturated heterocycles. The van der Waals surface area contributed by atoms with E-state index in [0.717, 1.165) is 41.7 Å². The van der Waals surface area contributed by atoms with Gasteiger partial charge in [-0.25, -0.2) is 9.97 Å². The van der Waals surface area contributed by atoms with Crippen LogP contribution in [0, 0.1) is 12.8 Å². The number of para-hydroxylation sites is 1. The number of pyridine rings is 1. The number of hydrogen-bond donors (Lipinski definition) is 3. The lowest BCUT2D eigenvalue weighted by molar-refractivity contribution is -0.122. The third-order valence-corrected chi connectivity index (χ3v) is 8.41. The minimum absolute atomic E-state index is 0.209. The molecule has 33 heavy (non-hydrogen) atoms. The Morgan fingerprint density at radius 3 is 2.73 bits per heavy atom. The number of thioether (sulfide) groups is 1. The molecule has 3 aromatic rings. The van der Waals surface area contributed by atoms with Crippen molar-refractivity contribution >= 4 is 40.0 Å². The number of nitrogens with zero attached hydrogens (tertiary/aromatic N) is 2. The van der Waals surface area contributed by atoms with Crippen molar-refractivity contribution in [3.05, 3.63) is 53.7 Å². The molecule has 1 fully saturated rings. The SMILES string of the molecule is CCC(Sc1cnc(Nc2nc(C)cs2)c(Oc2ccccc2)c1)(C(N)=O)C1CCNCC1. The van der Waals surface area contributed by atoms with Gasteiger partial charge in [0.1, 0.15) is 10.5 Å². The number of thiazole rings is 1. The van der Waals surface area contributed by atoms with Gasteiger partial charge in [0, 0.05) is 16.5 Å². The minimum Gasteiger partial charge on any atom is -0.453 e. The lowest BCUT2D eigenvalue weighted by Crippen LogP contribution is -2.50. The maximum Gasteiger partial charge on any atom is 0.234 e. The number of carbonyl (C=O) groups excluding carboxylic acids is 1. The van der Waals surface area contributed by atoms with E-state index in [1.807, 2.05) is 55.6 Å². The first-order chi connectivity index (χ1) is 16.0. The molecule has 3 heterocycles. The summed E-state index contributed by atoms with van der Waals surface area (Å²) in [6.07, 6.45) is 4.28. The molecule has 1 aliphatic rings. The van der Waals surface area contributed by atoms with Crippen LogP contribution in [0.25, 0.3) is 0 Å². The molecule has 7 nitrogen and oxygen atoms in total. The number of benzene rings is 1. The molecule has 1 atom stereocenters. The molecule has 1 amide bonds. The molecular weight excluding hydrogens is 454 g/mol. The van der Waals surface area contributed by atoms with E-state index in [0.29, 0.717) is 23.7 Å². The first-order valence-electron chi connectivity index (χ1n) is 11.1. The van der Waals surface area contributed by atoms with E-state index >= 15 is 0 Å². The van der Waals surface area contributed by atoms with Crippen LogP contribution in [0.1, 0.15) is 31.9 Å². The molecule has 2 aromatic heterocycles. The van der Waals surface area contributed by atoms with Crippen LogP contribution in [0.5, 0.6) is 11.5 Å². The van der Waals surface area contributed by atoms with Gasteiger partial charge >= 0.3 is 0 Å². The number of aryl methyl sites for hydroxylation is 1. The van der Waals surface area contributed by atoms with Gasteiger partial charge in [-0.15, -0.1) is 23.1 Å². The normalized spacial score (nSPS) is 16.2. The first-order valence-corrected chi connectivity index (χ1v) is 12.8. The standard InChI is InChI=1S/C24H29N5O2S2/c1-3-24(22(25)30,17-9-11-26-12-10-17)33-19-13-20(31-18-7-5-4-6-8-18)21(27-14-19)29-23-28-16(2)15-32-23/h4-8,13-15,17,26H,3,9-12H2,1-2H3,(H2,25,30)(H,27,28,29). The van der Waals surface area contributed by atoms with Gasteiger partial charge in [0.2, 0.25) is 5.91 Å². The number of carbonyl (C=O) groups is 1. The summed E-state index contributed by atoms with van der Waals surface area (Å²) < 4.78 is 5.51. The highest BCUT2D eigenvalue weighted by molar-refractivity contribution is 8.01. The third kappa shape index (κ3) is 5.48. The molecule has 9 heteroatoms. The van der Waals surface area contributed by atoms with Crippen LogP contribution < -0.4 is 21.1 Å². The molecule has 1 unspecified atom stereocenters. The average Bonchev–Trinajstić information content (AvgIpc) is 3.24. The van der Waals surface area contributed by atoms with Crippen molar-refractivity contribution in [3.63, 3.8) is 0 Å². The second-order valence-electron chi connectivity index (χ2n) is 8.09. The topological polar surface area (TPSA) is 102 Å². The summed E-state index contributed by atoms with van der Waals surface area (Å²) in [5.74, 6) is 1.78. The monoisotopic (exact) mass is 483 g/mol. The van der Waals surface area contributed by atoms with Crippen molar-refractivity contribution in [2.45, 2.75) is 42.8 Å². The van der Waals surface area contributed by atoms with Gasteiger partial charge in [0.25, 0.3) is 0 Å². The lowest BCUT2D eigenvalue weighted by Gasteiger charge is -2.39. The van der Waals surface area contributed by atoms with E-state index in [1.165, 1.54) is 23.1 Å². The van der Waals surface area contributed by atoms with E-state index in [1.54, 1.807) is 6.20 Å². The molecule has 4 N–H and O–H groups in total. The Labute approximate surface area is 202 Å². The van der Waals surface area contributed by atoms with Crippen LogP contribution >= 0.6 is 23.1 Å². The zero-order chi connectivity index (χ0) is 23.3. The summed E-state index contributed by atoms with van der Waals surface area (Å²) >= 11 is 3.02. The Kier molecular flexibility index (Phi) is 7.52. The molecule has 1 aliphatic heterocycles. The van der Waals surface area contributed by atoms with Gasteiger partial charge in [0.15, 0.2) is 16.7 Å². The highest BCUT2D eigenvalue weighted by Crippen LogP contribution is 2.46. The molecule has 174 valence electrons. The van der Waals surface area contributed by atoms with Crippen LogP contribution in [0.3, 0.4) is 0 Å². The number of rotatable bonds is 9. The number of nitrogens with one attached hydrogen (secondary N) is 2. The highest BCUT2D eigenvalue weighted by Gasteiger charge is 2.44. The largest absolute Gasteiger partial charge is 0.453 e. The predicted octanol–water partition coefficient (Wildman–Crippen LogP) is 5.11. The fourth-order valence-electron chi connectivity index (χ4n) is 4.15. The van der Waals surface area contributed by atoms with Crippen molar-refractivity contribution < 1.29 is 9.53 Å². The maximum atomic E-state index is 12.8. The van der Waals surface area contributed by atoms with E-state index in [9.17, 15) is 4.79 Å². The minimum atomic E-state index is -0.685. The number of piperidine rings is 1. The van der Waals surface area contributed by atoms with Gasteiger partial charge < -0.3 is 21.1 Å². The number of ether oxygens (including phenoxy) is 1. The van der Waals surface area contributed by atoms with Crippen LogP contribution in [-0.4, -0.2) is 33.7 Å². The smallest absolute Gasteiger partial charge is 0.234 e. The number of primary amides is 1. The fourth-order valence-corrected chi connectivity index (χ4v) is 6.18. The van der Waals surface area contributed by atoms with Crippen LogP contribution in [0.4, 0.5) is 10.9 Å². The second-order valence-corrected chi connectivity index (χ2v) is 10.3.